The van der Waals surface area contributed by atoms with Crippen molar-refractivity contribution in [2.75, 3.05) is 23.7 Å². The maximum atomic E-state index is 14.4. The first-order chi connectivity index (χ1) is 15.8. The molecular formula is C25H34FN3O4S. The van der Waals surface area contributed by atoms with Gasteiger partial charge in [-0.3, -0.25) is 13.9 Å². The molecule has 0 spiro atoms. The Bertz CT molecular complexity index is 1110. The smallest absolute Gasteiger partial charge is 0.244 e. The molecule has 2 aromatic rings. The summed E-state index contributed by atoms with van der Waals surface area (Å²) >= 11 is 0. The van der Waals surface area contributed by atoms with E-state index in [0.29, 0.717) is 12.2 Å². The van der Waals surface area contributed by atoms with Gasteiger partial charge in [0.1, 0.15) is 18.4 Å². The van der Waals surface area contributed by atoms with Crippen LogP contribution in [-0.2, 0) is 26.2 Å². The van der Waals surface area contributed by atoms with Crippen molar-refractivity contribution in [2.45, 2.75) is 47.2 Å². The zero-order valence-electron chi connectivity index (χ0n) is 20.6. The molecule has 0 aliphatic rings. The van der Waals surface area contributed by atoms with Crippen molar-refractivity contribution in [1.82, 2.24) is 10.2 Å². The van der Waals surface area contributed by atoms with Crippen LogP contribution in [-0.4, -0.2) is 50.5 Å². The van der Waals surface area contributed by atoms with Crippen LogP contribution >= 0.6 is 0 Å². The number of halogens is 1. The third-order valence-corrected chi connectivity index (χ3v) is 6.46. The number of carbonyl (C=O) groups is 2. The normalized spacial score (nSPS) is 12.4. The van der Waals surface area contributed by atoms with Gasteiger partial charge in [0, 0.05) is 18.7 Å². The minimum absolute atomic E-state index is 0.174. The largest absolute Gasteiger partial charge is 0.354 e. The van der Waals surface area contributed by atoms with E-state index >= 15 is 0 Å². The number of nitrogens with zero attached hydrogens (tertiary/aromatic N) is 2. The highest BCUT2D eigenvalue weighted by atomic mass is 32.2. The van der Waals surface area contributed by atoms with Gasteiger partial charge in [0.25, 0.3) is 0 Å². The monoisotopic (exact) mass is 491 g/mol. The molecule has 0 aliphatic carbocycles. The average molecular weight is 492 g/mol. The van der Waals surface area contributed by atoms with E-state index in [1.165, 1.54) is 23.1 Å². The lowest BCUT2D eigenvalue weighted by Crippen LogP contribution is -2.51. The molecular weight excluding hydrogens is 457 g/mol. The molecule has 0 saturated heterocycles. The number of nitrogens with one attached hydrogen (secondary N) is 1. The number of hydrogen-bond acceptors (Lipinski definition) is 4. The summed E-state index contributed by atoms with van der Waals surface area (Å²) in [7, 11) is -3.82. The second-order valence-electron chi connectivity index (χ2n) is 9.04. The van der Waals surface area contributed by atoms with Crippen molar-refractivity contribution in [1.29, 1.82) is 0 Å². The lowest BCUT2D eigenvalue weighted by atomic mass is 10.1. The minimum atomic E-state index is -3.82. The Kier molecular flexibility index (Phi) is 9.21. The Morgan fingerprint density at radius 3 is 2.15 bits per heavy atom. The van der Waals surface area contributed by atoms with E-state index < -0.39 is 40.2 Å². The fourth-order valence-corrected chi connectivity index (χ4v) is 4.39. The number of carbonyl (C=O) groups excluding carboxylic acids is 2. The number of anilines is 1. The number of hydrogen-bond donors (Lipinski definition) is 1. The summed E-state index contributed by atoms with van der Waals surface area (Å²) in [5.74, 6) is -1.31. The SMILES string of the molecule is Cc1cc(C)cc(N(CC(=O)N(Cc2ccccc2F)[C@@H](C)C(=O)NCC(C)C)S(C)(=O)=O)c1. The summed E-state index contributed by atoms with van der Waals surface area (Å²) < 4.78 is 40.7. The van der Waals surface area contributed by atoms with Crippen LogP contribution in [0.2, 0.25) is 0 Å². The molecule has 186 valence electrons. The van der Waals surface area contributed by atoms with Gasteiger partial charge in [-0.05, 0) is 56.0 Å². The van der Waals surface area contributed by atoms with E-state index in [9.17, 15) is 22.4 Å². The molecule has 7 nitrogen and oxygen atoms in total. The highest BCUT2D eigenvalue weighted by molar-refractivity contribution is 7.92. The summed E-state index contributed by atoms with van der Waals surface area (Å²) in [5, 5.41) is 2.79. The van der Waals surface area contributed by atoms with E-state index in [4.69, 9.17) is 0 Å². The second kappa shape index (κ2) is 11.5. The molecule has 9 heteroatoms. The Balaban J connectivity index is 2.41. The molecule has 0 bridgehead atoms. The topological polar surface area (TPSA) is 86.8 Å². The lowest BCUT2D eigenvalue weighted by molar-refractivity contribution is -0.139. The molecule has 1 atom stereocenters. The van der Waals surface area contributed by atoms with Crippen LogP contribution in [0, 0.1) is 25.6 Å². The number of rotatable bonds is 10. The van der Waals surface area contributed by atoms with Gasteiger partial charge in [-0.2, -0.15) is 0 Å². The fraction of sp³-hybridized carbons (Fsp3) is 0.440. The number of aryl methyl sites for hydroxylation is 2. The maximum Gasteiger partial charge on any atom is 0.244 e. The van der Waals surface area contributed by atoms with Crippen molar-refractivity contribution >= 4 is 27.5 Å². The molecule has 0 heterocycles. The van der Waals surface area contributed by atoms with Crippen LogP contribution < -0.4 is 9.62 Å². The molecule has 0 fully saturated rings. The third-order valence-electron chi connectivity index (χ3n) is 5.32. The molecule has 0 aliphatic heterocycles. The Morgan fingerprint density at radius 1 is 1.03 bits per heavy atom. The first kappa shape index (κ1) is 27.3. The van der Waals surface area contributed by atoms with E-state index in [-0.39, 0.29) is 18.0 Å². The number of amides is 2. The predicted octanol–water partition coefficient (Wildman–Crippen LogP) is 3.40. The summed E-state index contributed by atoms with van der Waals surface area (Å²) in [6, 6.07) is 10.3. The van der Waals surface area contributed by atoms with Crippen LogP contribution in [0.3, 0.4) is 0 Å². The zero-order valence-corrected chi connectivity index (χ0v) is 21.4. The van der Waals surface area contributed by atoms with E-state index in [2.05, 4.69) is 5.32 Å². The lowest BCUT2D eigenvalue weighted by Gasteiger charge is -2.32. The molecule has 1 N–H and O–H groups in total. The zero-order chi connectivity index (χ0) is 25.6. The van der Waals surface area contributed by atoms with Crippen molar-refractivity contribution < 1.29 is 22.4 Å². The van der Waals surface area contributed by atoms with Gasteiger partial charge in [0.15, 0.2) is 0 Å². The Labute approximate surface area is 202 Å². The van der Waals surface area contributed by atoms with Gasteiger partial charge in [-0.25, -0.2) is 12.8 Å². The first-order valence-electron chi connectivity index (χ1n) is 11.2. The van der Waals surface area contributed by atoms with E-state index in [0.717, 1.165) is 21.7 Å². The van der Waals surface area contributed by atoms with Crippen LogP contribution in [0.5, 0.6) is 0 Å². The highest BCUT2D eigenvalue weighted by Gasteiger charge is 2.30. The van der Waals surface area contributed by atoms with Crippen LogP contribution in [0.15, 0.2) is 42.5 Å². The Hall–Kier alpha value is -2.94. The van der Waals surface area contributed by atoms with Gasteiger partial charge in [-0.1, -0.05) is 38.1 Å². The molecule has 2 aromatic carbocycles. The first-order valence-corrected chi connectivity index (χ1v) is 13.0. The minimum Gasteiger partial charge on any atom is -0.354 e. The van der Waals surface area contributed by atoms with Crippen LogP contribution in [0.1, 0.15) is 37.5 Å². The standard InChI is InChI=1S/C25H34FN3O4S/c1-17(2)14-27-25(31)20(5)28(15-21-9-7-8-10-23(21)26)24(30)16-29(34(6,32)33)22-12-18(3)11-19(4)13-22/h7-13,17,20H,14-16H2,1-6H3,(H,27,31)/t20-/m0/s1. The van der Waals surface area contributed by atoms with E-state index in [1.54, 1.807) is 25.1 Å². The number of sulfonamides is 1. The molecule has 34 heavy (non-hydrogen) atoms. The van der Waals surface area contributed by atoms with Crippen molar-refractivity contribution in [3.63, 3.8) is 0 Å². The highest BCUT2D eigenvalue weighted by Crippen LogP contribution is 2.22. The fourth-order valence-electron chi connectivity index (χ4n) is 3.55. The van der Waals surface area contributed by atoms with Crippen molar-refractivity contribution in [3.8, 4) is 0 Å². The summed E-state index contributed by atoms with van der Waals surface area (Å²) in [6.45, 7) is 8.85. The van der Waals surface area contributed by atoms with Gasteiger partial charge < -0.3 is 10.2 Å². The molecule has 0 saturated carbocycles. The van der Waals surface area contributed by atoms with Gasteiger partial charge in [0.05, 0.1) is 11.9 Å². The van der Waals surface area contributed by atoms with Gasteiger partial charge >= 0.3 is 0 Å². The molecule has 0 unspecified atom stereocenters. The van der Waals surface area contributed by atoms with Gasteiger partial charge in [-0.15, -0.1) is 0 Å². The summed E-state index contributed by atoms with van der Waals surface area (Å²) in [6.07, 6.45) is 1.03. The van der Waals surface area contributed by atoms with E-state index in [1.807, 2.05) is 33.8 Å². The number of benzene rings is 2. The molecule has 2 rings (SSSR count). The molecule has 2 amide bonds. The van der Waals surface area contributed by atoms with Gasteiger partial charge in [0.2, 0.25) is 21.8 Å². The quantitative estimate of drug-likeness (QED) is 0.552. The summed E-state index contributed by atoms with van der Waals surface area (Å²) in [5.41, 5.74) is 2.29. The predicted molar refractivity (Wildman–Crippen MR) is 132 cm³/mol. The Morgan fingerprint density at radius 2 is 1.62 bits per heavy atom. The van der Waals surface area contributed by atoms with Crippen LogP contribution in [0.25, 0.3) is 0 Å². The van der Waals surface area contributed by atoms with Crippen molar-refractivity contribution in [2.24, 2.45) is 5.92 Å². The average Bonchev–Trinajstić information content (AvgIpc) is 2.73. The van der Waals surface area contributed by atoms with Crippen LogP contribution in [0.4, 0.5) is 10.1 Å². The third kappa shape index (κ3) is 7.55. The summed E-state index contributed by atoms with van der Waals surface area (Å²) in [4.78, 5) is 27.5. The molecule has 0 aromatic heterocycles. The maximum absolute atomic E-state index is 14.4. The second-order valence-corrected chi connectivity index (χ2v) is 11.0. The molecule has 0 radical (unpaired) electrons. The van der Waals surface area contributed by atoms with Crippen molar-refractivity contribution in [3.05, 3.63) is 65.0 Å².